The number of carbonyl (C=O) groups excluding carboxylic acids is 2. The number of esters is 2. The maximum Gasteiger partial charge on any atom is 0.306 e. The third-order valence-corrected chi connectivity index (χ3v) is 13.0. The zero-order valence-corrected chi connectivity index (χ0v) is 42.6. The molecule has 0 bridgehead atoms. The van der Waals surface area contributed by atoms with Gasteiger partial charge in [-0.2, -0.15) is 0 Å². The van der Waals surface area contributed by atoms with E-state index in [2.05, 4.69) is 38.2 Å². The fraction of sp³-hybridized carbons (Fsp3) is 0.897. The van der Waals surface area contributed by atoms with Crippen LogP contribution in [0, 0.1) is 0 Å². The van der Waals surface area contributed by atoms with Gasteiger partial charge in [0.1, 0.15) is 6.61 Å². The Balaban J connectivity index is 3.43. The predicted octanol–water partition coefficient (Wildman–Crippen LogP) is 18.9. The highest BCUT2D eigenvalue weighted by Crippen LogP contribution is 2.17. The van der Waals surface area contributed by atoms with Crippen LogP contribution in [0.1, 0.15) is 316 Å². The Morgan fingerprint density at radius 2 is 0.635 bits per heavy atom. The van der Waals surface area contributed by atoms with Gasteiger partial charge in [0.25, 0.3) is 0 Å². The van der Waals surface area contributed by atoms with E-state index < -0.39 is 6.10 Å². The SMILES string of the molecule is CCCCCCC/C=C\C/C=C\CCCCCCCCCCCCCCCC(=O)OC(CO)COC(=O)CCCCCCCCCCCCCCCCCCCCCCCCCC. The van der Waals surface area contributed by atoms with Gasteiger partial charge in [-0.15, -0.1) is 0 Å². The molecule has 372 valence electrons. The first-order valence-electron chi connectivity index (χ1n) is 28.4. The molecule has 63 heavy (non-hydrogen) atoms. The number of hydrogen-bond donors (Lipinski definition) is 1. The number of hydrogen-bond acceptors (Lipinski definition) is 5. The molecule has 5 heteroatoms. The summed E-state index contributed by atoms with van der Waals surface area (Å²) < 4.78 is 10.7. The van der Waals surface area contributed by atoms with E-state index in [1.54, 1.807) is 0 Å². The van der Waals surface area contributed by atoms with Crippen molar-refractivity contribution in [3.8, 4) is 0 Å². The van der Waals surface area contributed by atoms with Crippen LogP contribution in [-0.2, 0) is 19.1 Å². The van der Waals surface area contributed by atoms with Crippen LogP contribution < -0.4 is 0 Å². The number of aliphatic hydroxyl groups is 1. The number of rotatable bonds is 53. The van der Waals surface area contributed by atoms with Gasteiger partial charge in [0.15, 0.2) is 6.10 Å². The Bertz CT molecular complexity index is 959. The molecule has 0 amide bonds. The molecule has 1 N–H and O–H groups in total. The first-order chi connectivity index (χ1) is 31.1. The van der Waals surface area contributed by atoms with Gasteiger partial charge in [-0.05, 0) is 44.9 Å². The van der Waals surface area contributed by atoms with Crippen LogP contribution in [-0.4, -0.2) is 36.4 Å². The highest BCUT2D eigenvalue weighted by molar-refractivity contribution is 5.70. The Morgan fingerprint density at radius 1 is 0.365 bits per heavy atom. The van der Waals surface area contributed by atoms with Gasteiger partial charge in [-0.1, -0.05) is 282 Å². The highest BCUT2D eigenvalue weighted by atomic mass is 16.6. The zero-order valence-electron chi connectivity index (χ0n) is 42.6. The quantitative estimate of drug-likeness (QED) is 0.0374. The van der Waals surface area contributed by atoms with Crippen LogP contribution in [0.15, 0.2) is 24.3 Å². The normalized spacial score (nSPS) is 12.2. The van der Waals surface area contributed by atoms with Gasteiger partial charge in [0, 0.05) is 12.8 Å². The molecule has 5 nitrogen and oxygen atoms in total. The Kier molecular flexibility index (Phi) is 53.3. The molecule has 0 saturated heterocycles. The van der Waals surface area contributed by atoms with E-state index >= 15 is 0 Å². The standard InChI is InChI=1S/C58H110O5/c1-3-5-7-9-11-13-15-17-19-21-23-25-27-29-31-33-35-37-39-41-43-45-47-49-51-53-58(61)63-56(54-59)55-62-57(60)52-50-48-46-44-42-40-38-36-34-32-30-28-26-24-22-20-18-16-14-12-10-8-6-4-2/h15,17,21,23,56,59H,3-14,16,18-20,22,24-55H2,1-2H3/b17-15-,23-21-. The molecule has 0 aliphatic carbocycles. The average molecular weight is 888 g/mol. The van der Waals surface area contributed by atoms with E-state index in [-0.39, 0.29) is 25.2 Å². The van der Waals surface area contributed by atoms with Gasteiger partial charge in [0.05, 0.1) is 6.61 Å². The van der Waals surface area contributed by atoms with Crippen molar-refractivity contribution in [1.82, 2.24) is 0 Å². The van der Waals surface area contributed by atoms with E-state index in [0.29, 0.717) is 12.8 Å². The second kappa shape index (κ2) is 54.7. The first kappa shape index (κ1) is 61.4. The van der Waals surface area contributed by atoms with Gasteiger partial charge in [-0.25, -0.2) is 0 Å². The second-order valence-electron chi connectivity index (χ2n) is 19.4. The van der Waals surface area contributed by atoms with Crippen molar-refractivity contribution >= 4 is 11.9 Å². The van der Waals surface area contributed by atoms with Gasteiger partial charge in [-0.3, -0.25) is 9.59 Å². The molecule has 0 rings (SSSR count). The van der Waals surface area contributed by atoms with Crippen LogP contribution in [0.4, 0.5) is 0 Å². The molecule has 0 saturated carbocycles. The third-order valence-electron chi connectivity index (χ3n) is 13.0. The minimum atomic E-state index is -0.769. The number of unbranched alkanes of at least 4 members (excludes halogenated alkanes) is 41. The molecular formula is C58H110O5. The van der Waals surface area contributed by atoms with Crippen molar-refractivity contribution in [2.45, 2.75) is 322 Å². The highest BCUT2D eigenvalue weighted by Gasteiger charge is 2.16. The molecule has 0 aromatic carbocycles. The molecular weight excluding hydrogens is 777 g/mol. The summed E-state index contributed by atoms with van der Waals surface area (Å²) in [5, 5.41) is 9.65. The molecule has 0 heterocycles. The Morgan fingerprint density at radius 3 is 0.937 bits per heavy atom. The van der Waals surface area contributed by atoms with Crippen molar-refractivity contribution in [3.05, 3.63) is 24.3 Å². The molecule has 0 spiro atoms. The van der Waals surface area contributed by atoms with E-state index in [1.807, 2.05) is 0 Å². The predicted molar refractivity (Wildman–Crippen MR) is 275 cm³/mol. The van der Waals surface area contributed by atoms with Crippen molar-refractivity contribution in [2.75, 3.05) is 13.2 Å². The lowest BCUT2D eigenvalue weighted by Gasteiger charge is -2.15. The molecule has 0 aromatic rings. The number of aliphatic hydroxyl groups excluding tert-OH is 1. The Labute approximate surface area is 394 Å². The monoisotopic (exact) mass is 887 g/mol. The third kappa shape index (κ3) is 52.9. The van der Waals surface area contributed by atoms with Crippen LogP contribution in [0.2, 0.25) is 0 Å². The number of allylic oxidation sites excluding steroid dienone is 4. The second-order valence-corrected chi connectivity index (χ2v) is 19.4. The average Bonchev–Trinajstić information content (AvgIpc) is 3.29. The van der Waals surface area contributed by atoms with Crippen molar-refractivity contribution < 1.29 is 24.2 Å². The fourth-order valence-electron chi connectivity index (χ4n) is 8.71. The molecule has 0 radical (unpaired) electrons. The smallest absolute Gasteiger partial charge is 0.306 e. The molecule has 0 fully saturated rings. The van der Waals surface area contributed by atoms with Gasteiger partial charge in [0.2, 0.25) is 0 Å². The lowest BCUT2D eigenvalue weighted by atomic mass is 10.0. The van der Waals surface area contributed by atoms with Gasteiger partial charge >= 0.3 is 11.9 Å². The summed E-state index contributed by atoms with van der Waals surface area (Å²) in [5.74, 6) is -0.571. The lowest BCUT2D eigenvalue weighted by molar-refractivity contribution is -0.161. The summed E-state index contributed by atoms with van der Waals surface area (Å²) in [7, 11) is 0. The van der Waals surface area contributed by atoms with Gasteiger partial charge < -0.3 is 14.6 Å². The van der Waals surface area contributed by atoms with E-state index in [1.165, 1.54) is 250 Å². The summed E-state index contributed by atoms with van der Waals surface area (Å²) in [6.45, 7) is 4.18. The van der Waals surface area contributed by atoms with E-state index in [4.69, 9.17) is 9.47 Å². The lowest BCUT2D eigenvalue weighted by Crippen LogP contribution is -2.28. The Hall–Kier alpha value is -1.62. The first-order valence-corrected chi connectivity index (χ1v) is 28.4. The summed E-state index contributed by atoms with van der Waals surface area (Å²) in [6.07, 6.45) is 68.7. The maximum absolute atomic E-state index is 12.3. The summed E-state index contributed by atoms with van der Waals surface area (Å²) in [6, 6.07) is 0. The summed E-state index contributed by atoms with van der Waals surface area (Å²) in [5.41, 5.74) is 0. The molecule has 0 aromatic heterocycles. The minimum absolute atomic E-state index is 0.0598. The molecule has 1 unspecified atom stereocenters. The molecule has 0 aliphatic heterocycles. The maximum atomic E-state index is 12.3. The van der Waals surface area contributed by atoms with E-state index in [0.717, 1.165) is 38.5 Å². The molecule has 0 aliphatic rings. The summed E-state index contributed by atoms with van der Waals surface area (Å²) in [4.78, 5) is 24.5. The van der Waals surface area contributed by atoms with Crippen molar-refractivity contribution in [2.24, 2.45) is 0 Å². The van der Waals surface area contributed by atoms with Crippen LogP contribution >= 0.6 is 0 Å². The summed E-state index contributed by atoms with van der Waals surface area (Å²) >= 11 is 0. The van der Waals surface area contributed by atoms with Crippen LogP contribution in [0.25, 0.3) is 0 Å². The minimum Gasteiger partial charge on any atom is -0.462 e. The van der Waals surface area contributed by atoms with Crippen molar-refractivity contribution in [1.29, 1.82) is 0 Å². The largest absolute Gasteiger partial charge is 0.462 e. The van der Waals surface area contributed by atoms with E-state index in [9.17, 15) is 14.7 Å². The number of ether oxygens (including phenoxy) is 2. The topological polar surface area (TPSA) is 72.8 Å². The van der Waals surface area contributed by atoms with Crippen LogP contribution in [0.5, 0.6) is 0 Å². The molecule has 1 atom stereocenters. The van der Waals surface area contributed by atoms with Crippen molar-refractivity contribution in [3.63, 3.8) is 0 Å². The number of carbonyl (C=O) groups is 2. The fourth-order valence-corrected chi connectivity index (χ4v) is 8.71. The van der Waals surface area contributed by atoms with Crippen LogP contribution in [0.3, 0.4) is 0 Å². The zero-order chi connectivity index (χ0) is 45.6.